The topological polar surface area (TPSA) is 47.9 Å². The molecule has 224 valence electrons. The van der Waals surface area contributed by atoms with Crippen molar-refractivity contribution in [3.8, 4) is 0 Å². The number of aliphatic hydroxyl groups is 1. The molecule has 0 aromatic heterocycles. The first kappa shape index (κ1) is 32.2. The van der Waals surface area contributed by atoms with Gasteiger partial charge in [-0.15, -0.1) is 0 Å². The van der Waals surface area contributed by atoms with Crippen LogP contribution in [0.1, 0.15) is 62.0 Å². The van der Waals surface area contributed by atoms with Gasteiger partial charge in [-0.2, -0.15) is 26.3 Å². The van der Waals surface area contributed by atoms with E-state index in [0.29, 0.717) is 30.5 Å². The number of likely N-dealkylation sites (tertiary alicyclic amines) is 1. The molecule has 0 bridgehead atoms. The van der Waals surface area contributed by atoms with Gasteiger partial charge < -0.3 is 15.3 Å². The Kier molecular flexibility index (Phi) is 9.25. The number of nitrogens with zero attached hydrogens (tertiary/aromatic N) is 2. The largest absolute Gasteiger partial charge is 0.430 e. The van der Waals surface area contributed by atoms with Crippen LogP contribution in [-0.4, -0.2) is 52.6 Å². The Bertz CT molecular complexity index is 1150. The van der Waals surface area contributed by atoms with Crippen LogP contribution < -0.4 is 5.32 Å². The molecule has 1 aromatic rings. The Labute approximate surface area is 230 Å². The van der Waals surface area contributed by atoms with Crippen LogP contribution in [0.25, 0.3) is 0 Å². The molecule has 1 fully saturated rings. The van der Waals surface area contributed by atoms with Crippen LogP contribution >= 0.6 is 11.8 Å². The minimum atomic E-state index is -6.45. The quantitative estimate of drug-likeness (QED) is 0.289. The van der Waals surface area contributed by atoms with Crippen LogP contribution in [0.4, 0.5) is 39.5 Å². The molecule has 3 unspecified atom stereocenters. The zero-order valence-electron chi connectivity index (χ0n) is 21.9. The molecule has 3 atom stereocenters. The number of thioether (sulfide) groups is 1. The smallest absolute Gasteiger partial charge is 0.383 e. The second kappa shape index (κ2) is 11.5. The molecular weight excluding hydrogens is 573 g/mol. The molecule has 2 aliphatic heterocycles. The molecule has 0 radical (unpaired) electrons. The SMILES string of the molecule is C=C(NCC(C)C)C1=NC(C(=C)N2CCCC2C)C(c2ccc(C(O)(C(F)(F)F)C(F)(F)F)c(F)c2C(F)F)S1. The monoisotopic (exact) mass is 603 g/mol. The van der Waals surface area contributed by atoms with Crippen molar-refractivity contribution >= 4 is 16.8 Å². The third kappa shape index (κ3) is 5.83. The van der Waals surface area contributed by atoms with E-state index in [1.807, 2.05) is 25.7 Å². The number of aliphatic imine (C=N–C) groups is 1. The summed E-state index contributed by atoms with van der Waals surface area (Å²) >= 11 is 0.878. The van der Waals surface area contributed by atoms with Crippen molar-refractivity contribution < 1.29 is 44.6 Å². The number of hydrogen-bond acceptors (Lipinski definition) is 5. The van der Waals surface area contributed by atoms with E-state index in [0.717, 1.165) is 24.6 Å². The van der Waals surface area contributed by atoms with Crippen LogP contribution in [0.2, 0.25) is 0 Å². The zero-order valence-corrected chi connectivity index (χ0v) is 22.8. The average molecular weight is 604 g/mol. The first-order valence-electron chi connectivity index (χ1n) is 12.4. The molecule has 40 heavy (non-hydrogen) atoms. The third-order valence-electron chi connectivity index (χ3n) is 6.98. The summed E-state index contributed by atoms with van der Waals surface area (Å²) in [6, 6.07) is -0.358. The van der Waals surface area contributed by atoms with E-state index in [2.05, 4.69) is 23.5 Å². The summed E-state index contributed by atoms with van der Waals surface area (Å²) in [4.78, 5) is 6.48. The molecule has 14 heteroatoms. The van der Waals surface area contributed by atoms with E-state index < -0.39 is 58.2 Å². The van der Waals surface area contributed by atoms with Crippen LogP contribution in [0.15, 0.2) is 41.7 Å². The molecular formula is C26H30F9N3OS. The van der Waals surface area contributed by atoms with Gasteiger partial charge in [-0.25, -0.2) is 13.2 Å². The Morgan fingerprint density at radius 2 is 1.75 bits per heavy atom. The Morgan fingerprint density at radius 1 is 1.15 bits per heavy atom. The molecule has 1 saturated heterocycles. The van der Waals surface area contributed by atoms with Crippen molar-refractivity contribution in [2.75, 3.05) is 13.1 Å². The lowest BCUT2D eigenvalue weighted by atomic mass is 9.87. The molecule has 2 N–H and O–H groups in total. The third-order valence-corrected chi connectivity index (χ3v) is 8.32. The van der Waals surface area contributed by atoms with Gasteiger partial charge in [0.25, 0.3) is 12.0 Å². The number of nitrogens with one attached hydrogen (secondary N) is 1. The molecule has 0 amide bonds. The van der Waals surface area contributed by atoms with Gasteiger partial charge in [0.2, 0.25) is 0 Å². The van der Waals surface area contributed by atoms with E-state index in [1.165, 1.54) is 0 Å². The lowest BCUT2D eigenvalue weighted by molar-refractivity contribution is -0.377. The van der Waals surface area contributed by atoms with Crippen molar-refractivity contribution in [3.05, 3.63) is 59.2 Å². The van der Waals surface area contributed by atoms with Crippen molar-refractivity contribution in [2.45, 2.75) is 75.3 Å². The zero-order chi connectivity index (χ0) is 30.4. The van der Waals surface area contributed by atoms with Crippen molar-refractivity contribution in [3.63, 3.8) is 0 Å². The summed E-state index contributed by atoms with van der Waals surface area (Å²) in [5.74, 6) is -2.29. The van der Waals surface area contributed by atoms with Crippen molar-refractivity contribution in [1.82, 2.24) is 10.2 Å². The number of halogens is 9. The highest BCUT2D eigenvalue weighted by atomic mass is 32.2. The number of rotatable bonds is 9. The van der Waals surface area contributed by atoms with Gasteiger partial charge in [-0.05, 0) is 31.2 Å². The minimum absolute atomic E-state index is 0.0157. The van der Waals surface area contributed by atoms with Gasteiger partial charge in [0.15, 0.2) is 0 Å². The Hall–Kier alpha value is -2.35. The van der Waals surface area contributed by atoms with Gasteiger partial charge in [-0.3, -0.25) is 4.99 Å². The second-order valence-corrected chi connectivity index (χ2v) is 11.4. The molecule has 3 rings (SSSR count). The van der Waals surface area contributed by atoms with E-state index in [1.54, 1.807) is 0 Å². The summed E-state index contributed by atoms with van der Waals surface area (Å²) in [6.45, 7) is 14.8. The minimum Gasteiger partial charge on any atom is -0.383 e. The van der Waals surface area contributed by atoms with Gasteiger partial charge in [-0.1, -0.05) is 50.9 Å². The normalized spacial score (nSPS) is 22.3. The lowest BCUT2D eigenvalue weighted by Gasteiger charge is -2.34. The van der Waals surface area contributed by atoms with Crippen LogP contribution in [0.3, 0.4) is 0 Å². The Balaban J connectivity index is 2.16. The van der Waals surface area contributed by atoms with E-state index >= 15 is 4.39 Å². The van der Waals surface area contributed by atoms with Crippen molar-refractivity contribution in [1.29, 1.82) is 0 Å². The van der Waals surface area contributed by atoms with Gasteiger partial charge in [0.05, 0.1) is 16.5 Å². The summed E-state index contributed by atoms with van der Waals surface area (Å²) in [5.41, 5.74) is -9.58. The average Bonchev–Trinajstić information content (AvgIpc) is 3.46. The molecule has 0 spiro atoms. The van der Waals surface area contributed by atoms with Gasteiger partial charge in [0, 0.05) is 30.4 Å². The van der Waals surface area contributed by atoms with E-state index in [4.69, 9.17) is 0 Å². The second-order valence-electron chi connectivity index (χ2n) is 10.3. The summed E-state index contributed by atoms with van der Waals surface area (Å²) in [6.07, 6.45) is -15.1. The maximum absolute atomic E-state index is 15.4. The van der Waals surface area contributed by atoms with Crippen molar-refractivity contribution in [2.24, 2.45) is 10.9 Å². The summed E-state index contributed by atoms with van der Waals surface area (Å²) < 4.78 is 125. The fraction of sp³-hybridized carbons (Fsp3) is 0.577. The molecule has 2 heterocycles. The lowest BCUT2D eigenvalue weighted by Crippen LogP contribution is -2.54. The fourth-order valence-corrected chi connectivity index (χ4v) is 6.11. The predicted octanol–water partition coefficient (Wildman–Crippen LogP) is 7.39. The van der Waals surface area contributed by atoms with Crippen LogP contribution in [0, 0.1) is 11.7 Å². The van der Waals surface area contributed by atoms with E-state index in [9.17, 15) is 40.2 Å². The maximum atomic E-state index is 15.4. The summed E-state index contributed by atoms with van der Waals surface area (Å²) in [5, 5.41) is 11.9. The highest BCUT2D eigenvalue weighted by molar-refractivity contribution is 8.15. The highest BCUT2D eigenvalue weighted by Crippen LogP contribution is 2.54. The fourth-order valence-electron chi connectivity index (χ4n) is 4.80. The molecule has 1 aromatic carbocycles. The first-order chi connectivity index (χ1) is 18.3. The number of benzene rings is 1. The number of alkyl halides is 8. The van der Waals surface area contributed by atoms with E-state index in [-0.39, 0.29) is 23.1 Å². The van der Waals surface area contributed by atoms with Gasteiger partial charge in [0.1, 0.15) is 16.9 Å². The van der Waals surface area contributed by atoms with Gasteiger partial charge >= 0.3 is 12.4 Å². The first-order valence-corrected chi connectivity index (χ1v) is 13.3. The summed E-state index contributed by atoms with van der Waals surface area (Å²) in [7, 11) is 0. The molecule has 2 aliphatic rings. The maximum Gasteiger partial charge on any atom is 0.430 e. The van der Waals surface area contributed by atoms with Crippen LogP contribution in [-0.2, 0) is 5.60 Å². The Morgan fingerprint density at radius 3 is 2.23 bits per heavy atom. The van der Waals surface area contributed by atoms with Crippen LogP contribution in [0.5, 0.6) is 0 Å². The molecule has 0 saturated carbocycles. The standard InChI is InChI=1S/C26H30F9N3OS/c1-12(2)11-36-14(4)23-37-20(15(5)38-10-6-7-13(38)3)21(40-23)16-8-9-17(19(27)18(16)22(28)29)24(39,25(30,31)32)26(33,34)35/h8-9,12-13,20-22,36,39H,4-7,10-11H2,1-3H3. The molecule has 4 nitrogen and oxygen atoms in total. The highest BCUT2D eigenvalue weighted by Gasteiger charge is 2.72. The predicted molar refractivity (Wildman–Crippen MR) is 135 cm³/mol. The number of hydrogen-bond donors (Lipinski definition) is 2. The molecule has 0 aliphatic carbocycles.